The summed E-state index contributed by atoms with van der Waals surface area (Å²) in [6.45, 7) is 0. The van der Waals surface area contributed by atoms with Crippen molar-refractivity contribution in [2.75, 3.05) is 14.2 Å². The lowest BCUT2D eigenvalue weighted by molar-refractivity contribution is 0.0592. The molecule has 0 spiro atoms. The summed E-state index contributed by atoms with van der Waals surface area (Å²) in [6, 6.07) is 46.0. The van der Waals surface area contributed by atoms with Crippen molar-refractivity contribution in [3.8, 4) is 56.2 Å². The molecule has 0 bridgehead atoms. The number of aromatic nitrogens is 4. The molecular formula is C44H30N4O4. The van der Waals surface area contributed by atoms with E-state index in [0.717, 1.165) is 22.3 Å². The first-order valence-electron chi connectivity index (χ1n) is 16.6. The fourth-order valence-corrected chi connectivity index (χ4v) is 6.39. The molecule has 2 heterocycles. The van der Waals surface area contributed by atoms with Crippen LogP contribution < -0.4 is 0 Å². The fraction of sp³-hybridized carbons (Fsp3) is 0.0455. The number of benzene rings is 6. The lowest BCUT2D eigenvalue weighted by atomic mass is 9.98. The number of hydrogen-bond acceptors (Lipinski definition) is 8. The van der Waals surface area contributed by atoms with Crippen LogP contribution in [0, 0.1) is 0 Å². The average molecular weight is 679 g/mol. The topological polar surface area (TPSA) is 104 Å². The first-order valence-corrected chi connectivity index (χ1v) is 16.6. The van der Waals surface area contributed by atoms with Crippen molar-refractivity contribution in [1.82, 2.24) is 19.9 Å². The Hall–Kier alpha value is -7.06. The Labute approximate surface area is 299 Å². The maximum Gasteiger partial charge on any atom is 0.338 e. The van der Waals surface area contributed by atoms with Gasteiger partial charge in [0.15, 0.2) is 0 Å². The first kappa shape index (κ1) is 32.2. The van der Waals surface area contributed by atoms with Gasteiger partial charge in [-0.3, -0.25) is 0 Å². The average Bonchev–Trinajstić information content (AvgIpc) is 3.22. The van der Waals surface area contributed by atoms with E-state index in [1.165, 1.54) is 14.2 Å². The van der Waals surface area contributed by atoms with E-state index in [2.05, 4.69) is 0 Å². The van der Waals surface area contributed by atoms with Crippen LogP contribution in [0.5, 0.6) is 0 Å². The summed E-state index contributed by atoms with van der Waals surface area (Å²) >= 11 is 0. The Morgan fingerprint density at radius 2 is 0.750 bits per heavy atom. The van der Waals surface area contributed by atoms with Crippen LogP contribution in [-0.4, -0.2) is 46.1 Å². The molecule has 0 aliphatic carbocycles. The van der Waals surface area contributed by atoms with Gasteiger partial charge in [-0.25, -0.2) is 29.5 Å². The molecule has 0 unspecified atom stereocenters. The van der Waals surface area contributed by atoms with E-state index in [-0.39, 0.29) is 0 Å². The van der Waals surface area contributed by atoms with Crippen LogP contribution in [0.15, 0.2) is 146 Å². The Balaban J connectivity index is 1.30. The zero-order chi connectivity index (χ0) is 35.6. The molecule has 8 aromatic rings. The van der Waals surface area contributed by atoms with Crippen molar-refractivity contribution in [2.24, 2.45) is 0 Å². The summed E-state index contributed by atoms with van der Waals surface area (Å²) in [4.78, 5) is 46.1. The van der Waals surface area contributed by atoms with Crippen molar-refractivity contribution in [1.29, 1.82) is 0 Å². The van der Waals surface area contributed by atoms with E-state index < -0.39 is 11.9 Å². The van der Waals surface area contributed by atoms with Crippen molar-refractivity contribution in [2.45, 2.75) is 0 Å². The van der Waals surface area contributed by atoms with Crippen LogP contribution in [0.25, 0.3) is 78.2 Å². The van der Waals surface area contributed by atoms with Gasteiger partial charge < -0.3 is 9.47 Å². The summed E-state index contributed by atoms with van der Waals surface area (Å²) in [5, 5.41) is 0. The lowest BCUT2D eigenvalue weighted by Crippen LogP contribution is -2.05. The van der Waals surface area contributed by atoms with Gasteiger partial charge in [0.25, 0.3) is 0 Å². The summed E-state index contributed by atoms with van der Waals surface area (Å²) in [5.74, 6) is -0.905. The Morgan fingerprint density at radius 3 is 1.15 bits per heavy atom. The number of esters is 2. The largest absolute Gasteiger partial charge is 0.465 e. The van der Waals surface area contributed by atoms with Crippen LogP contribution in [0.2, 0.25) is 0 Å². The van der Waals surface area contributed by atoms with Gasteiger partial charge in [-0.05, 0) is 47.5 Å². The maximum atomic E-state index is 12.8. The molecule has 0 N–H and O–H groups in total. The van der Waals surface area contributed by atoms with Gasteiger partial charge in [0.1, 0.15) is 0 Å². The highest BCUT2D eigenvalue weighted by atomic mass is 16.5. The molecule has 0 aliphatic heterocycles. The maximum absolute atomic E-state index is 12.8. The third-order valence-electron chi connectivity index (χ3n) is 8.93. The Kier molecular flexibility index (Phi) is 8.46. The first-order chi connectivity index (χ1) is 25.5. The quantitative estimate of drug-likeness (QED) is 0.154. The minimum Gasteiger partial charge on any atom is -0.465 e. The highest BCUT2D eigenvalue weighted by molar-refractivity contribution is 6.01. The van der Waals surface area contributed by atoms with Gasteiger partial charge in [0.2, 0.25) is 0 Å². The zero-order valence-corrected chi connectivity index (χ0v) is 28.3. The summed E-state index contributed by atoms with van der Waals surface area (Å²) in [5.41, 5.74) is 10.8. The molecule has 52 heavy (non-hydrogen) atoms. The summed E-state index contributed by atoms with van der Waals surface area (Å²) in [7, 11) is 2.74. The van der Waals surface area contributed by atoms with Gasteiger partial charge in [0, 0.05) is 22.3 Å². The third kappa shape index (κ3) is 5.92. The number of carbonyl (C=O) groups is 2. The number of rotatable bonds is 7. The van der Waals surface area contributed by atoms with Crippen molar-refractivity contribution in [3.05, 3.63) is 157 Å². The fourth-order valence-electron chi connectivity index (χ4n) is 6.39. The Bertz CT molecular complexity index is 2460. The Morgan fingerprint density at radius 1 is 0.385 bits per heavy atom. The van der Waals surface area contributed by atoms with Gasteiger partial charge in [0.05, 0.1) is 70.2 Å². The number of hydrogen-bond donors (Lipinski definition) is 0. The van der Waals surface area contributed by atoms with Gasteiger partial charge in [-0.15, -0.1) is 0 Å². The van der Waals surface area contributed by atoms with Crippen molar-refractivity contribution >= 4 is 34.0 Å². The summed E-state index contributed by atoms with van der Waals surface area (Å²) in [6.07, 6.45) is 0. The highest BCUT2D eigenvalue weighted by Gasteiger charge is 2.22. The highest BCUT2D eigenvalue weighted by Crippen LogP contribution is 2.37. The van der Waals surface area contributed by atoms with Crippen LogP contribution in [0.3, 0.4) is 0 Å². The standard InChI is InChI=1S/C44H30N4O4/c1-51-43(49)33-19-11-9-17-31(33)41-39(27-13-5-3-6-14-27)45-35-23-21-29(25-37(35)47-41)30-22-24-36-38(26-30)48-42(40(46-36)28-15-7-4-8-16-28)32-18-10-12-20-34(32)44(50)52-2/h3-26H,1-2H3. The predicted molar refractivity (Wildman–Crippen MR) is 202 cm³/mol. The van der Waals surface area contributed by atoms with E-state index in [1.54, 1.807) is 24.3 Å². The van der Waals surface area contributed by atoms with Crippen LogP contribution >= 0.6 is 0 Å². The second kappa shape index (κ2) is 13.7. The molecule has 0 fully saturated rings. The molecule has 0 atom stereocenters. The van der Waals surface area contributed by atoms with Crippen LogP contribution in [0.1, 0.15) is 20.7 Å². The molecule has 8 rings (SSSR count). The molecule has 0 aliphatic rings. The van der Waals surface area contributed by atoms with Crippen molar-refractivity contribution in [3.63, 3.8) is 0 Å². The van der Waals surface area contributed by atoms with E-state index in [0.29, 0.717) is 67.1 Å². The number of nitrogens with zero attached hydrogens (tertiary/aromatic N) is 4. The van der Waals surface area contributed by atoms with E-state index >= 15 is 0 Å². The minimum atomic E-state index is -0.452. The molecule has 2 aromatic heterocycles. The van der Waals surface area contributed by atoms with Crippen LogP contribution in [-0.2, 0) is 9.47 Å². The molecule has 0 saturated heterocycles. The van der Waals surface area contributed by atoms with Crippen LogP contribution in [0.4, 0.5) is 0 Å². The molecule has 0 saturated carbocycles. The zero-order valence-electron chi connectivity index (χ0n) is 28.3. The molecule has 0 amide bonds. The van der Waals surface area contributed by atoms with Gasteiger partial charge in [-0.1, -0.05) is 109 Å². The second-order valence-corrected chi connectivity index (χ2v) is 12.1. The predicted octanol–water partition coefficient (Wildman–Crippen LogP) is 9.48. The molecular weight excluding hydrogens is 649 g/mol. The monoisotopic (exact) mass is 678 g/mol. The second-order valence-electron chi connectivity index (χ2n) is 12.1. The van der Waals surface area contributed by atoms with Gasteiger partial charge in [-0.2, -0.15) is 0 Å². The van der Waals surface area contributed by atoms with Gasteiger partial charge >= 0.3 is 11.9 Å². The van der Waals surface area contributed by atoms with Crippen molar-refractivity contribution < 1.29 is 19.1 Å². The molecule has 250 valence electrons. The number of carbonyl (C=O) groups excluding carboxylic acids is 2. The molecule has 6 aromatic carbocycles. The number of fused-ring (bicyclic) bond motifs is 2. The van der Waals surface area contributed by atoms with E-state index in [1.807, 2.05) is 121 Å². The SMILES string of the molecule is COC(=O)c1ccccc1-c1nc2cc(-c3ccc4nc(-c5ccccc5)c(-c5ccccc5C(=O)OC)nc4c3)ccc2nc1-c1ccccc1. The number of ether oxygens (including phenoxy) is 2. The number of methoxy groups -OCH3 is 2. The normalized spacial score (nSPS) is 11.0. The third-order valence-corrected chi connectivity index (χ3v) is 8.93. The van der Waals surface area contributed by atoms with E-state index in [9.17, 15) is 9.59 Å². The summed E-state index contributed by atoms with van der Waals surface area (Å²) < 4.78 is 10.2. The molecule has 8 heteroatoms. The molecule has 8 nitrogen and oxygen atoms in total. The minimum absolute atomic E-state index is 0.402. The smallest absolute Gasteiger partial charge is 0.338 e. The molecule has 0 radical (unpaired) electrons. The van der Waals surface area contributed by atoms with E-state index in [4.69, 9.17) is 29.4 Å². The lowest BCUT2D eigenvalue weighted by Gasteiger charge is -2.14.